The second-order valence-electron chi connectivity index (χ2n) is 12.6. The van der Waals surface area contributed by atoms with Gasteiger partial charge in [-0.05, 0) is 61.9 Å². The summed E-state index contributed by atoms with van der Waals surface area (Å²) in [5.41, 5.74) is 12.8. The van der Waals surface area contributed by atoms with Gasteiger partial charge in [0.05, 0.1) is 29.2 Å². The van der Waals surface area contributed by atoms with Gasteiger partial charge in [0.2, 0.25) is 12.4 Å². The van der Waals surface area contributed by atoms with E-state index in [-0.39, 0.29) is 0 Å². The first kappa shape index (κ1) is 25.6. The van der Waals surface area contributed by atoms with Gasteiger partial charge in [-0.3, -0.25) is 4.98 Å². The minimum Gasteiger partial charge on any atom is -0.455 e. The summed E-state index contributed by atoms with van der Waals surface area (Å²) in [6, 6.07) is 46.8. The van der Waals surface area contributed by atoms with Gasteiger partial charge in [-0.25, -0.2) is 0 Å². The molecule has 48 heavy (non-hydrogen) atoms. The molecule has 0 aliphatic carbocycles. The lowest BCUT2D eigenvalue weighted by Gasteiger charge is -2.22. The van der Waals surface area contributed by atoms with E-state index in [2.05, 4.69) is 171 Å². The summed E-state index contributed by atoms with van der Waals surface area (Å²) in [4.78, 5) is 4.94. The number of nitrogens with zero attached hydrogens (tertiary/aromatic N) is 5. The van der Waals surface area contributed by atoms with Crippen LogP contribution in [0.3, 0.4) is 0 Å². The van der Waals surface area contributed by atoms with E-state index in [4.69, 9.17) is 9.72 Å². The fourth-order valence-corrected chi connectivity index (χ4v) is 7.94. The molecule has 3 aromatic heterocycles. The maximum Gasteiger partial charge on any atom is 0.469 e. The predicted molar refractivity (Wildman–Crippen MR) is 183 cm³/mol. The molecule has 224 valence electrons. The first-order valence-corrected chi connectivity index (χ1v) is 16.2. The molecule has 1 spiro atoms. The molecule has 0 radical (unpaired) electrons. The van der Waals surface area contributed by atoms with Gasteiger partial charge < -0.3 is 4.74 Å². The van der Waals surface area contributed by atoms with Gasteiger partial charge in [0, 0.05) is 11.8 Å². The molecular formula is C42H27N5O+2. The fraction of sp³-hybridized carbons (Fsp3) is 0.0238. The zero-order chi connectivity index (χ0) is 31.4. The molecule has 3 aliphatic heterocycles. The highest BCUT2D eigenvalue weighted by atomic mass is 16.5. The van der Waals surface area contributed by atoms with E-state index in [0.717, 1.165) is 61.9 Å². The Morgan fingerprint density at radius 2 is 0.958 bits per heavy atom. The van der Waals surface area contributed by atoms with Gasteiger partial charge in [0.25, 0.3) is 0 Å². The lowest BCUT2D eigenvalue weighted by atomic mass is 9.87. The summed E-state index contributed by atoms with van der Waals surface area (Å²) in [7, 11) is 0. The number of pyridine rings is 1. The first-order chi connectivity index (χ1) is 23.8. The van der Waals surface area contributed by atoms with Gasteiger partial charge in [0.1, 0.15) is 22.9 Å². The molecule has 0 fully saturated rings. The van der Waals surface area contributed by atoms with E-state index in [1.54, 1.807) is 0 Å². The van der Waals surface area contributed by atoms with Crippen molar-refractivity contribution in [1.29, 1.82) is 0 Å². The van der Waals surface area contributed by atoms with Crippen molar-refractivity contribution in [2.24, 2.45) is 0 Å². The van der Waals surface area contributed by atoms with Crippen molar-refractivity contribution in [2.75, 3.05) is 0 Å². The van der Waals surface area contributed by atoms with E-state index in [0.29, 0.717) is 0 Å². The van der Waals surface area contributed by atoms with Crippen LogP contribution in [0.2, 0.25) is 0 Å². The lowest BCUT2D eigenvalue weighted by molar-refractivity contribution is -1.02. The highest BCUT2D eigenvalue weighted by molar-refractivity contribution is 5.73. The first-order valence-electron chi connectivity index (χ1n) is 16.2. The third-order valence-electron chi connectivity index (χ3n) is 10.1. The van der Waals surface area contributed by atoms with E-state index in [1.165, 1.54) is 16.7 Å². The van der Waals surface area contributed by atoms with Crippen LogP contribution in [0.4, 0.5) is 0 Å². The molecule has 11 rings (SSSR count). The van der Waals surface area contributed by atoms with Gasteiger partial charge in [0.15, 0.2) is 11.1 Å². The lowest BCUT2D eigenvalue weighted by Crippen LogP contribution is -2.74. The maximum absolute atomic E-state index is 6.63. The molecule has 0 amide bonds. The minimum atomic E-state index is -0.680. The largest absolute Gasteiger partial charge is 0.469 e. The summed E-state index contributed by atoms with van der Waals surface area (Å²) >= 11 is 0. The van der Waals surface area contributed by atoms with E-state index < -0.39 is 5.66 Å². The Labute approximate surface area is 276 Å². The molecule has 5 aromatic carbocycles. The third-order valence-corrected chi connectivity index (χ3v) is 10.1. The number of hydrogen-bond donors (Lipinski definition) is 0. The minimum absolute atomic E-state index is 0.680. The SMILES string of the molecule is c1ccc(-c2ccc(-c3cn4[n+](c3)C35c6c(cccc6-4)Oc4cccc(c43)-n3cc(-c4ccc(-c6ccccc6)cn4)c[n+]35)cc2)cc1. The van der Waals surface area contributed by atoms with Crippen molar-refractivity contribution in [3.63, 3.8) is 0 Å². The predicted octanol–water partition coefficient (Wildman–Crippen LogP) is 7.94. The Balaban J connectivity index is 1.10. The molecule has 1 unspecified atom stereocenters. The molecule has 0 N–H and O–H groups in total. The molecule has 0 saturated heterocycles. The van der Waals surface area contributed by atoms with Crippen LogP contribution in [0.5, 0.6) is 11.5 Å². The smallest absolute Gasteiger partial charge is 0.455 e. The van der Waals surface area contributed by atoms with E-state index >= 15 is 0 Å². The molecule has 0 saturated carbocycles. The molecular weight excluding hydrogens is 590 g/mol. The van der Waals surface area contributed by atoms with Crippen molar-refractivity contribution in [1.82, 2.24) is 14.3 Å². The van der Waals surface area contributed by atoms with Crippen LogP contribution in [0.1, 0.15) is 11.1 Å². The van der Waals surface area contributed by atoms with Crippen LogP contribution >= 0.6 is 0 Å². The summed E-state index contributed by atoms with van der Waals surface area (Å²) in [5.74, 6) is 1.74. The molecule has 6 heterocycles. The van der Waals surface area contributed by atoms with Crippen molar-refractivity contribution >= 4 is 0 Å². The van der Waals surface area contributed by atoms with Crippen LogP contribution in [-0.4, -0.2) is 14.3 Å². The number of hydrogen-bond acceptors (Lipinski definition) is 2. The average Bonchev–Trinajstić information content (AvgIpc) is 3.91. The van der Waals surface area contributed by atoms with Crippen LogP contribution in [0, 0.1) is 0 Å². The number of aromatic nitrogens is 5. The normalized spacial score (nSPS) is 15.8. The third kappa shape index (κ3) is 3.28. The van der Waals surface area contributed by atoms with Gasteiger partial charge in [-0.15, -0.1) is 9.36 Å². The van der Waals surface area contributed by atoms with Crippen molar-refractivity contribution < 1.29 is 14.1 Å². The Hall–Kier alpha value is -6.53. The van der Waals surface area contributed by atoms with Crippen molar-refractivity contribution in [2.45, 2.75) is 5.66 Å². The Bertz CT molecular complexity index is 2380. The van der Waals surface area contributed by atoms with Gasteiger partial charge in [-0.1, -0.05) is 103 Å². The number of rotatable bonds is 4. The van der Waals surface area contributed by atoms with Crippen LogP contribution in [0.15, 0.2) is 164 Å². The van der Waals surface area contributed by atoms with Crippen LogP contribution in [0.25, 0.3) is 56.0 Å². The molecule has 3 aliphatic rings. The second-order valence-corrected chi connectivity index (χ2v) is 12.6. The summed E-state index contributed by atoms with van der Waals surface area (Å²) in [6.45, 7) is 0. The number of ether oxygens (including phenoxy) is 1. The number of benzene rings is 5. The highest BCUT2D eigenvalue weighted by Crippen LogP contribution is 2.54. The van der Waals surface area contributed by atoms with Crippen LogP contribution < -0.4 is 14.1 Å². The van der Waals surface area contributed by atoms with Crippen molar-refractivity contribution in [3.8, 4) is 67.5 Å². The zero-order valence-electron chi connectivity index (χ0n) is 25.7. The topological polar surface area (TPSA) is 39.7 Å². The monoisotopic (exact) mass is 617 g/mol. The summed E-state index contributed by atoms with van der Waals surface area (Å²) < 4.78 is 15.9. The molecule has 1 atom stereocenters. The molecule has 8 aromatic rings. The number of fused-ring (bicyclic) bond motifs is 4. The molecule has 0 bridgehead atoms. The Morgan fingerprint density at radius 3 is 1.54 bits per heavy atom. The molecule has 6 nitrogen and oxygen atoms in total. The van der Waals surface area contributed by atoms with Crippen LogP contribution in [-0.2, 0) is 5.66 Å². The Morgan fingerprint density at radius 1 is 0.458 bits per heavy atom. The van der Waals surface area contributed by atoms with E-state index in [1.807, 2.05) is 12.3 Å². The summed E-state index contributed by atoms with van der Waals surface area (Å²) in [6.07, 6.45) is 10.9. The average molecular weight is 618 g/mol. The van der Waals surface area contributed by atoms with Crippen molar-refractivity contribution in [3.05, 3.63) is 176 Å². The van der Waals surface area contributed by atoms with Gasteiger partial charge >= 0.3 is 5.66 Å². The fourth-order valence-electron chi connectivity index (χ4n) is 7.94. The second kappa shape index (κ2) is 9.27. The zero-order valence-corrected chi connectivity index (χ0v) is 25.7. The van der Waals surface area contributed by atoms with Gasteiger partial charge in [-0.2, -0.15) is 0 Å². The van der Waals surface area contributed by atoms with E-state index in [9.17, 15) is 0 Å². The standard InChI is InChI=1S/C42H27N5O/c1-3-9-28(10-4-1)30-17-19-31(20-18-30)33-24-44-36-13-7-15-38-40(36)42(46(44)26-33)41-37(14-8-16-39(41)48-38)45-25-34(27-47(42)45)35-22-21-32(23-43-35)29-11-5-2-6-12-29/h1-27H/q+2. The molecule has 6 heteroatoms. The Kier molecular flexibility index (Phi) is 4.95. The maximum atomic E-state index is 6.63. The highest BCUT2D eigenvalue weighted by Gasteiger charge is 2.73. The quantitative estimate of drug-likeness (QED) is 0.188. The summed E-state index contributed by atoms with van der Waals surface area (Å²) in [5, 5.41) is 0.